The Kier molecular flexibility index (Phi) is 13.5. The van der Waals surface area contributed by atoms with E-state index in [0.29, 0.717) is 0 Å². The van der Waals surface area contributed by atoms with Crippen molar-refractivity contribution in [3.8, 4) is 22.3 Å². The third-order valence-corrected chi connectivity index (χ3v) is 70.0. The molecule has 0 radical (unpaired) electrons. The van der Waals surface area contributed by atoms with Gasteiger partial charge >= 0.3 is 410 Å². The molecule has 2 saturated carbocycles. The number of hydrogen-bond acceptors (Lipinski definition) is 0. The first-order valence-electron chi connectivity index (χ1n) is 26.3. The summed E-state index contributed by atoms with van der Waals surface area (Å²) < 4.78 is 0.147. The van der Waals surface area contributed by atoms with E-state index in [1.165, 1.54) is 169 Å². The summed E-state index contributed by atoms with van der Waals surface area (Å²) in [6.45, 7) is 10.1. The molecule has 0 aliphatic heterocycles. The molecule has 2 unspecified atom stereocenters. The Bertz CT molecular complexity index is 2610. The summed E-state index contributed by atoms with van der Waals surface area (Å²) in [4.78, 5) is 0. The molecule has 2 atom stereocenters. The van der Waals surface area contributed by atoms with Crippen LogP contribution in [0, 0.1) is 10.8 Å². The first-order chi connectivity index (χ1) is 32.0. The number of fused-ring (bicyclic) bond motifs is 4. The van der Waals surface area contributed by atoms with Crippen LogP contribution in [0.25, 0.3) is 56.0 Å². The summed E-state index contributed by atoms with van der Waals surface area (Å²) in [6.07, 6.45) is 28.8. The van der Waals surface area contributed by atoms with Crippen molar-refractivity contribution in [2.75, 3.05) is 0 Å². The van der Waals surface area contributed by atoms with Gasteiger partial charge in [-0.25, -0.2) is 0 Å². The van der Waals surface area contributed by atoms with E-state index in [1.54, 1.807) is 11.1 Å². The number of rotatable bonds is 11. The summed E-state index contributed by atoms with van der Waals surface area (Å²) in [5, 5.41) is 5.15. The van der Waals surface area contributed by atoms with Crippen molar-refractivity contribution in [2.45, 2.75) is 150 Å². The van der Waals surface area contributed by atoms with Gasteiger partial charge in [0.2, 0.25) is 0 Å². The molecule has 0 bridgehead atoms. The van der Waals surface area contributed by atoms with Crippen LogP contribution in [0.5, 0.6) is 0 Å². The van der Waals surface area contributed by atoms with E-state index in [9.17, 15) is 17.0 Å². The first-order valence-corrected chi connectivity index (χ1v) is 42.6. The van der Waals surface area contributed by atoms with Gasteiger partial charge in [-0.1, -0.05) is 0 Å². The molecule has 0 amide bonds. The summed E-state index contributed by atoms with van der Waals surface area (Å²) in [5.41, 5.74) is 14.6. The second-order valence-electron chi connectivity index (χ2n) is 22.0. The zero-order valence-corrected chi connectivity index (χ0v) is 45.5. The quantitative estimate of drug-likeness (QED) is 0.113. The molecule has 0 spiro atoms. The van der Waals surface area contributed by atoms with Crippen LogP contribution in [0.2, 0.25) is 13.1 Å². The standard InChI is InChI=1S/2C30H33.C2H7Si.2ClH.Zr/c2*1-2-30(17-8-4-3-5-9-18-30)22-23-19-26-13-10-14-28(29(26)20-23)27-16-15-24-11-6-7-12-25(24)21-27;1-3-2;;;/h2*6-7,10-16,19-21H,2-5,8-9,17-18,22H2,1H3;3H,1-2H3;2*1H;/q;;;;;+2/p-2. The molecule has 4 heteroatoms. The Morgan fingerprint density at radius 2 is 0.848 bits per heavy atom. The molecule has 0 nitrogen and oxygen atoms in total. The fourth-order valence-electron chi connectivity index (χ4n) is 14.1. The van der Waals surface area contributed by atoms with Crippen molar-refractivity contribution in [2.24, 2.45) is 10.8 Å². The van der Waals surface area contributed by atoms with Crippen LogP contribution in [-0.2, 0) is 15.6 Å². The van der Waals surface area contributed by atoms with Crippen molar-refractivity contribution >= 4 is 56.6 Å². The van der Waals surface area contributed by atoms with Crippen LogP contribution in [0.4, 0.5) is 0 Å². The van der Waals surface area contributed by atoms with E-state index in [-0.39, 0.29) is 18.1 Å². The molecular weight excluding hydrogens is 935 g/mol. The van der Waals surface area contributed by atoms with Gasteiger partial charge in [-0.05, 0) is 0 Å². The van der Waals surface area contributed by atoms with E-state index in [0.717, 1.165) is 12.8 Å². The number of hydrogen-bond donors (Lipinski definition) is 0. The molecule has 343 valence electrons. The minimum atomic E-state index is -5.22. The van der Waals surface area contributed by atoms with E-state index >= 15 is 0 Å². The van der Waals surface area contributed by atoms with Crippen LogP contribution in [0.3, 0.4) is 0 Å². The summed E-state index contributed by atoms with van der Waals surface area (Å²) in [6, 6.07) is 46.2. The minimum absolute atomic E-state index is 0.0734. The molecule has 0 aromatic heterocycles. The van der Waals surface area contributed by atoms with Crippen molar-refractivity contribution in [3.05, 3.63) is 155 Å². The van der Waals surface area contributed by atoms with Gasteiger partial charge in [0.05, 0.1) is 0 Å². The topological polar surface area (TPSA) is 0 Å². The van der Waals surface area contributed by atoms with Gasteiger partial charge in [-0.2, -0.15) is 0 Å². The molecule has 0 N–H and O–H groups in total. The second kappa shape index (κ2) is 19.1. The van der Waals surface area contributed by atoms with E-state index in [1.807, 2.05) is 0 Å². The number of allylic oxidation sites excluding steroid dienone is 2. The molecule has 4 aliphatic carbocycles. The molecule has 4 aliphatic rings. The zero-order valence-electron chi connectivity index (χ0n) is 40.4. The normalized spacial score (nSPS) is 21.5. The van der Waals surface area contributed by atoms with Gasteiger partial charge in [-0.3, -0.25) is 0 Å². The Hall–Kier alpha value is -3.00. The van der Waals surface area contributed by atoms with E-state index < -0.39 is 21.5 Å². The number of halogens is 2. The second-order valence-corrected chi connectivity index (χ2v) is 64.5. The predicted octanol–water partition coefficient (Wildman–Crippen LogP) is 19.9. The Balaban J connectivity index is 1.19. The van der Waals surface area contributed by atoms with Gasteiger partial charge in [0, 0.05) is 0 Å². The SMILES string of the molecule is CCC1(CC2=Cc3c(-c4ccc5ccccc5c4)cccc3[CH]2[Zr]([Cl])([Cl])([CH]2C(CC3(CC)CCCCCCC3)=Cc3c(-c4ccc5ccccc5c4)cccc32)[SiH](C)C)CCCCCCC1. The molecule has 10 rings (SSSR count). The van der Waals surface area contributed by atoms with Gasteiger partial charge in [0.1, 0.15) is 0 Å². The fraction of sp³-hybridized carbons (Fsp3) is 0.419. The maximum atomic E-state index is 9.42. The monoisotopic (exact) mass is 1010 g/mol. The molecule has 6 aromatic carbocycles. The zero-order chi connectivity index (χ0) is 45.5. The molecule has 0 saturated heterocycles. The Morgan fingerprint density at radius 1 is 0.470 bits per heavy atom. The van der Waals surface area contributed by atoms with Gasteiger partial charge < -0.3 is 0 Å². The van der Waals surface area contributed by atoms with Gasteiger partial charge in [0.15, 0.2) is 0 Å². The first kappa shape index (κ1) is 46.7. The average molecular weight is 1010 g/mol. The van der Waals surface area contributed by atoms with E-state index in [2.05, 4.69) is 160 Å². The summed E-state index contributed by atoms with van der Waals surface area (Å²) in [5.74, 6) is -1.81. The molecule has 66 heavy (non-hydrogen) atoms. The van der Waals surface area contributed by atoms with Crippen LogP contribution >= 0.6 is 17.0 Å². The molecule has 2 fully saturated rings. The summed E-state index contributed by atoms with van der Waals surface area (Å²) in [7, 11) is 18.8. The van der Waals surface area contributed by atoms with E-state index in [4.69, 9.17) is 0 Å². The third kappa shape index (κ3) is 8.47. The fourth-order valence-corrected chi connectivity index (χ4v) is 45.4. The predicted molar refractivity (Wildman–Crippen MR) is 290 cm³/mol. The molecule has 0 heterocycles. The summed E-state index contributed by atoms with van der Waals surface area (Å²) >= 11 is -5.22. The molecule has 6 aromatic rings. The van der Waals surface area contributed by atoms with Crippen molar-refractivity contribution < 1.29 is 15.6 Å². The Labute approximate surface area is 406 Å². The van der Waals surface area contributed by atoms with Crippen LogP contribution < -0.4 is 0 Å². The number of benzene rings is 6. The van der Waals surface area contributed by atoms with Gasteiger partial charge in [-0.15, -0.1) is 0 Å². The maximum absolute atomic E-state index is 9.42. The van der Waals surface area contributed by atoms with Crippen molar-refractivity contribution in [1.82, 2.24) is 0 Å². The van der Waals surface area contributed by atoms with Gasteiger partial charge in [0.25, 0.3) is 0 Å². The van der Waals surface area contributed by atoms with Crippen molar-refractivity contribution in [1.29, 1.82) is 0 Å². The van der Waals surface area contributed by atoms with Crippen LogP contribution in [-0.4, -0.2) is 5.92 Å². The third-order valence-electron chi connectivity index (χ3n) is 18.1. The molecular formula is C62H73Cl2SiZr. The van der Waals surface area contributed by atoms with Crippen LogP contribution in [0.15, 0.2) is 132 Å². The Morgan fingerprint density at radius 3 is 1.23 bits per heavy atom. The van der Waals surface area contributed by atoms with Crippen molar-refractivity contribution in [3.63, 3.8) is 0 Å². The van der Waals surface area contributed by atoms with Crippen LogP contribution in [0.1, 0.15) is 159 Å². The average Bonchev–Trinajstić information content (AvgIpc) is 3.89.